The van der Waals surface area contributed by atoms with E-state index in [9.17, 15) is 0 Å². The molecule has 1 unspecified atom stereocenters. The smallest absolute Gasteiger partial charge is 0.0320 e. The van der Waals surface area contributed by atoms with Gasteiger partial charge in [0.25, 0.3) is 0 Å². The first-order chi connectivity index (χ1) is 6.22. The Labute approximate surface area is 84.4 Å². The van der Waals surface area contributed by atoms with Crippen LogP contribution in [-0.2, 0) is 0 Å². The first kappa shape index (κ1) is 12.7. The summed E-state index contributed by atoms with van der Waals surface area (Å²) in [6.07, 6.45) is 11.2. The minimum absolute atomic E-state index is 0.834. The normalized spacial score (nSPS) is 14.2. The van der Waals surface area contributed by atoms with Crippen molar-refractivity contribution in [2.75, 3.05) is 0 Å². The fourth-order valence-electron chi connectivity index (χ4n) is 1.62. The fraction of sp³-hybridized carbons (Fsp3) is 0.846. The van der Waals surface area contributed by atoms with Gasteiger partial charge in [-0.3, -0.25) is 0 Å². The largest absolute Gasteiger partial charge is 0.0885 e. The van der Waals surface area contributed by atoms with Crippen molar-refractivity contribution >= 4 is 0 Å². The van der Waals surface area contributed by atoms with Gasteiger partial charge in [0.05, 0.1) is 0 Å². The van der Waals surface area contributed by atoms with E-state index >= 15 is 0 Å². The molecule has 0 aliphatic rings. The van der Waals surface area contributed by atoms with Gasteiger partial charge in [-0.05, 0) is 24.7 Å². The molecule has 0 spiro atoms. The van der Waals surface area contributed by atoms with E-state index in [-0.39, 0.29) is 0 Å². The number of hydrogen-bond acceptors (Lipinski definition) is 0. The van der Waals surface area contributed by atoms with Crippen molar-refractivity contribution in [2.45, 2.75) is 59.8 Å². The summed E-state index contributed by atoms with van der Waals surface area (Å²) in [5.41, 5.74) is 0. The van der Waals surface area contributed by atoms with E-state index in [0.717, 1.165) is 11.8 Å². The molecule has 0 aromatic rings. The van der Waals surface area contributed by atoms with E-state index in [4.69, 9.17) is 0 Å². The highest BCUT2D eigenvalue weighted by Gasteiger charge is 2.07. The zero-order valence-electron chi connectivity index (χ0n) is 9.84. The molecule has 0 aromatic carbocycles. The summed E-state index contributed by atoms with van der Waals surface area (Å²) in [4.78, 5) is 0. The van der Waals surface area contributed by atoms with Crippen LogP contribution in [0.3, 0.4) is 0 Å². The van der Waals surface area contributed by atoms with Crippen LogP contribution < -0.4 is 0 Å². The summed E-state index contributed by atoms with van der Waals surface area (Å²) in [6.45, 7) is 9.20. The Bertz CT molecular complexity index is 122. The topological polar surface area (TPSA) is 0 Å². The molecule has 0 bridgehead atoms. The lowest BCUT2D eigenvalue weighted by molar-refractivity contribution is 0.376. The van der Waals surface area contributed by atoms with Gasteiger partial charge in [0.2, 0.25) is 0 Å². The van der Waals surface area contributed by atoms with E-state index in [1.54, 1.807) is 0 Å². The van der Waals surface area contributed by atoms with Crippen molar-refractivity contribution in [1.82, 2.24) is 0 Å². The third-order valence-corrected chi connectivity index (χ3v) is 2.80. The number of hydrogen-bond donors (Lipinski definition) is 0. The van der Waals surface area contributed by atoms with Gasteiger partial charge in [0.15, 0.2) is 0 Å². The molecule has 0 heterocycles. The molecule has 0 nitrogen and oxygen atoms in total. The van der Waals surface area contributed by atoms with Crippen molar-refractivity contribution < 1.29 is 0 Å². The van der Waals surface area contributed by atoms with Gasteiger partial charge in [0, 0.05) is 0 Å². The number of rotatable bonds is 7. The Morgan fingerprint density at radius 2 is 1.77 bits per heavy atom. The highest BCUT2D eigenvalue weighted by molar-refractivity contribution is 4.84. The second kappa shape index (κ2) is 8.34. The van der Waals surface area contributed by atoms with Crippen molar-refractivity contribution in [2.24, 2.45) is 11.8 Å². The second-order valence-electron chi connectivity index (χ2n) is 4.26. The zero-order valence-corrected chi connectivity index (χ0v) is 9.84. The fourth-order valence-corrected chi connectivity index (χ4v) is 1.62. The van der Waals surface area contributed by atoms with Crippen molar-refractivity contribution in [3.63, 3.8) is 0 Å². The van der Waals surface area contributed by atoms with Gasteiger partial charge in [-0.25, -0.2) is 0 Å². The summed E-state index contributed by atoms with van der Waals surface area (Å²) in [5.74, 6) is 1.72. The molecule has 0 aliphatic heterocycles. The van der Waals surface area contributed by atoms with Gasteiger partial charge >= 0.3 is 0 Å². The summed E-state index contributed by atoms with van der Waals surface area (Å²) >= 11 is 0. The molecule has 1 atom stereocenters. The Morgan fingerprint density at radius 3 is 2.23 bits per heavy atom. The maximum absolute atomic E-state index is 2.38. The number of allylic oxidation sites excluding steroid dienone is 2. The average Bonchev–Trinajstić information content (AvgIpc) is 2.10. The van der Waals surface area contributed by atoms with E-state index in [1.165, 1.54) is 32.1 Å². The van der Waals surface area contributed by atoms with Gasteiger partial charge in [-0.2, -0.15) is 0 Å². The molecule has 0 amide bonds. The van der Waals surface area contributed by atoms with Gasteiger partial charge in [-0.1, -0.05) is 59.1 Å². The zero-order chi connectivity index (χ0) is 10.1. The summed E-state index contributed by atoms with van der Waals surface area (Å²) in [6, 6.07) is 0. The van der Waals surface area contributed by atoms with Crippen LogP contribution in [-0.4, -0.2) is 0 Å². The van der Waals surface area contributed by atoms with Gasteiger partial charge in [0.1, 0.15) is 0 Å². The van der Waals surface area contributed by atoms with Crippen molar-refractivity contribution in [1.29, 1.82) is 0 Å². The van der Waals surface area contributed by atoms with Crippen molar-refractivity contribution in [3.8, 4) is 0 Å². The molecule has 0 heteroatoms. The Hall–Kier alpha value is -0.260. The monoisotopic (exact) mass is 182 g/mol. The third kappa shape index (κ3) is 6.86. The second-order valence-corrected chi connectivity index (χ2v) is 4.26. The highest BCUT2D eigenvalue weighted by atomic mass is 14.1. The van der Waals surface area contributed by atoms with Gasteiger partial charge in [-0.15, -0.1) is 0 Å². The Kier molecular flexibility index (Phi) is 8.18. The molecule has 0 radical (unpaired) electrons. The molecule has 0 rings (SSSR count). The lowest BCUT2D eigenvalue weighted by Gasteiger charge is -2.16. The lowest BCUT2D eigenvalue weighted by atomic mass is 9.90. The van der Waals surface area contributed by atoms with Crippen molar-refractivity contribution in [3.05, 3.63) is 12.2 Å². The maximum atomic E-state index is 2.38. The number of unbranched alkanes of at least 4 members (excludes halogenated alkanes) is 2. The molecular weight excluding hydrogens is 156 g/mol. The predicted molar refractivity (Wildman–Crippen MR) is 61.9 cm³/mol. The predicted octanol–water partition coefficient (Wildman–Crippen LogP) is 4.81. The summed E-state index contributed by atoms with van der Waals surface area (Å²) in [5, 5.41) is 0. The third-order valence-electron chi connectivity index (χ3n) is 2.80. The van der Waals surface area contributed by atoms with Gasteiger partial charge < -0.3 is 0 Å². The van der Waals surface area contributed by atoms with E-state index in [1.807, 2.05) is 0 Å². The van der Waals surface area contributed by atoms with Crippen LogP contribution in [0.4, 0.5) is 0 Å². The Morgan fingerprint density at radius 1 is 1.08 bits per heavy atom. The van der Waals surface area contributed by atoms with E-state index in [0.29, 0.717) is 0 Å². The maximum Gasteiger partial charge on any atom is -0.0320 e. The first-order valence-electron chi connectivity index (χ1n) is 5.87. The quantitative estimate of drug-likeness (QED) is 0.392. The van der Waals surface area contributed by atoms with Crippen LogP contribution in [0.15, 0.2) is 12.2 Å². The van der Waals surface area contributed by atoms with Crippen LogP contribution >= 0.6 is 0 Å². The van der Waals surface area contributed by atoms with Crippen LogP contribution in [0.1, 0.15) is 59.8 Å². The molecule has 13 heavy (non-hydrogen) atoms. The molecule has 78 valence electrons. The summed E-state index contributed by atoms with van der Waals surface area (Å²) < 4.78 is 0. The lowest BCUT2D eigenvalue weighted by Crippen LogP contribution is -2.05. The summed E-state index contributed by atoms with van der Waals surface area (Å²) in [7, 11) is 0. The molecule has 0 saturated carbocycles. The van der Waals surface area contributed by atoms with Crippen LogP contribution in [0.5, 0.6) is 0 Å². The molecular formula is C13H26. The highest BCUT2D eigenvalue weighted by Crippen LogP contribution is 2.19. The SMILES string of the molecule is CCCCC=CCC(CC)C(C)C. The standard InChI is InChI=1S/C13H26/c1-5-7-8-9-10-11-13(6-2)12(3)4/h9-10,12-13H,5-8,11H2,1-4H3. The molecule has 0 fully saturated rings. The minimum atomic E-state index is 0.834. The molecule has 0 aliphatic carbocycles. The average molecular weight is 182 g/mol. The molecule has 0 N–H and O–H groups in total. The van der Waals surface area contributed by atoms with Crippen LogP contribution in [0, 0.1) is 11.8 Å². The van der Waals surface area contributed by atoms with Crippen LogP contribution in [0.2, 0.25) is 0 Å². The first-order valence-corrected chi connectivity index (χ1v) is 5.87. The molecule has 0 aromatic heterocycles. The van der Waals surface area contributed by atoms with E-state index in [2.05, 4.69) is 39.8 Å². The minimum Gasteiger partial charge on any atom is -0.0885 e. The van der Waals surface area contributed by atoms with E-state index < -0.39 is 0 Å². The van der Waals surface area contributed by atoms with Crippen LogP contribution in [0.25, 0.3) is 0 Å². The molecule has 0 saturated heterocycles. The Balaban J connectivity index is 3.53.